The van der Waals surface area contributed by atoms with Gasteiger partial charge in [-0.25, -0.2) is 0 Å². The Balaban J connectivity index is 3.30. The van der Waals surface area contributed by atoms with Crippen molar-refractivity contribution >= 4 is 18.9 Å². The van der Waals surface area contributed by atoms with E-state index in [1.807, 2.05) is 6.92 Å². The zero-order valence-corrected chi connectivity index (χ0v) is 7.61. The zero-order valence-electron chi connectivity index (χ0n) is 7.61. The first-order valence-electron chi connectivity index (χ1n) is 3.98. The molecule has 0 saturated heterocycles. The Morgan fingerprint density at radius 3 is 2.31 bits per heavy atom. The topological polar surface area (TPSA) is 57.5 Å². The fourth-order valence-corrected chi connectivity index (χ4v) is 1.29. The highest BCUT2D eigenvalue weighted by Gasteiger charge is 2.15. The van der Waals surface area contributed by atoms with E-state index >= 15 is 0 Å². The molecule has 13 heavy (non-hydrogen) atoms. The molecule has 0 spiro atoms. The van der Waals surface area contributed by atoms with Gasteiger partial charge in [0.1, 0.15) is 6.29 Å². The standard InChI is InChI=1S/C9H11BO3/c1-6-3-7(2)9(10(12)13)4-8(6)5-11/h3-5,12-13H,1-2H3. The quantitative estimate of drug-likeness (QED) is 0.486. The second-order valence-electron chi connectivity index (χ2n) is 3.06. The molecule has 0 atom stereocenters. The van der Waals surface area contributed by atoms with Crippen molar-refractivity contribution in [2.24, 2.45) is 0 Å². The summed E-state index contributed by atoms with van der Waals surface area (Å²) in [5.74, 6) is 0. The number of hydrogen-bond donors (Lipinski definition) is 2. The van der Waals surface area contributed by atoms with Crippen molar-refractivity contribution in [3.05, 3.63) is 28.8 Å². The van der Waals surface area contributed by atoms with Crippen LogP contribution in [0, 0.1) is 13.8 Å². The first-order chi connectivity index (χ1) is 6.06. The van der Waals surface area contributed by atoms with E-state index < -0.39 is 7.12 Å². The van der Waals surface area contributed by atoms with Gasteiger partial charge in [-0.3, -0.25) is 4.79 Å². The van der Waals surface area contributed by atoms with Crippen LogP contribution < -0.4 is 5.46 Å². The van der Waals surface area contributed by atoms with Gasteiger partial charge in [-0.05, 0) is 24.9 Å². The fraction of sp³-hybridized carbons (Fsp3) is 0.222. The number of aryl methyl sites for hydroxylation is 2. The predicted octanol–water partition coefficient (Wildman–Crippen LogP) is -0.204. The SMILES string of the molecule is Cc1cc(C)c(B(O)O)cc1C=O. The zero-order chi connectivity index (χ0) is 10.0. The van der Waals surface area contributed by atoms with E-state index in [4.69, 9.17) is 10.0 Å². The molecule has 0 fully saturated rings. The summed E-state index contributed by atoms with van der Waals surface area (Å²) in [6, 6.07) is 3.26. The maximum Gasteiger partial charge on any atom is 0.488 e. The maximum atomic E-state index is 10.6. The van der Waals surface area contributed by atoms with Crippen molar-refractivity contribution in [1.29, 1.82) is 0 Å². The monoisotopic (exact) mass is 178 g/mol. The first-order valence-corrected chi connectivity index (χ1v) is 3.98. The van der Waals surface area contributed by atoms with Crippen molar-refractivity contribution in [3.63, 3.8) is 0 Å². The number of benzene rings is 1. The van der Waals surface area contributed by atoms with Gasteiger partial charge in [0.15, 0.2) is 0 Å². The van der Waals surface area contributed by atoms with Gasteiger partial charge in [0.05, 0.1) is 0 Å². The van der Waals surface area contributed by atoms with E-state index in [-0.39, 0.29) is 0 Å². The van der Waals surface area contributed by atoms with Crippen LogP contribution in [0.25, 0.3) is 0 Å². The summed E-state index contributed by atoms with van der Waals surface area (Å²) in [5, 5.41) is 17.9. The Morgan fingerprint density at radius 2 is 1.85 bits per heavy atom. The fourth-order valence-electron chi connectivity index (χ4n) is 1.29. The number of carbonyl (C=O) groups excluding carboxylic acids is 1. The van der Waals surface area contributed by atoms with E-state index in [1.165, 1.54) is 6.07 Å². The predicted molar refractivity (Wildman–Crippen MR) is 51.1 cm³/mol. The largest absolute Gasteiger partial charge is 0.488 e. The maximum absolute atomic E-state index is 10.6. The van der Waals surface area contributed by atoms with Gasteiger partial charge in [-0.15, -0.1) is 0 Å². The van der Waals surface area contributed by atoms with E-state index in [0.717, 1.165) is 11.1 Å². The lowest BCUT2D eigenvalue weighted by Gasteiger charge is -2.07. The molecule has 0 amide bonds. The molecule has 0 aliphatic carbocycles. The van der Waals surface area contributed by atoms with Crippen LogP contribution in [0.4, 0.5) is 0 Å². The van der Waals surface area contributed by atoms with Crippen LogP contribution in [0.1, 0.15) is 21.5 Å². The molecular weight excluding hydrogens is 167 g/mol. The van der Waals surface area contributed by atoms with Gasteiger partial charge >= 0.3 is 7.12 Å². The van der Waals surface area contributed by atoms with Crippen molar-refractivity contribution in [2.75, 3.05) is 0 Å². The molecule has 2 N–H and O–H groups in total. The van der Waals surface area contributed by atoms with Gasteiger partial charge in [0.2, 0.25) is 0 Å². The Morgan fingerprint density at radius 1 is 1.23 bits per heavy atom. The summed E-state index contributed by atoms with van der Waals surface area (Å²) < 4.78 is 0. The summed E-state index contributed by atoms with van der Waals surface area (Å²) in [6.45, 7) is 3.58. The highest BCUT2D eigenvalue weighted by atomic mass is 16.4. The molecule has 0 aromatic heterocycles. The molecule has 1 rings (SSSR count). The van der Waals surface area contributed by atoms with Crippen molar-refractivity contribution in [3.8, 4) is 0 Å². The highest BCUT2D eigenvalue weighted by molar-refractivity contribution is 6.59. The number of aldehydes is 1. The smallest absolute Gasteiger partial charge is 0.423 e. The molecule has 0 aliphatic rings. The van der Waals surface area contributed by atoms with Crippen LogP contribution in [0.2, 0.25) is 0 Å². The highest BCUT2D eigenvalue weighted by Crippen LogP contribution is 2.06. The molecule has 4 heteroatoms. The van der Waals surface area contributed by atoms with E-state index in [0.29, 0.717) is 17.3 Å². The molecular formula is C9H11BO3. The molecule has 0 heterocycles. The number of hydrogen-bond acceptors (Lipinski definition) is 3. The van der Waals surface area contributed by atoms with Crippen LogP contribution in [0.3, 0.4) is 0 Å². The van der Waals surface area contributed by atoms with Crippen molar-refractivity contribution < 1.29 is 14.8 Å². The van der Waals surface area contributed by atoms with Gasteiger partial charge in [0.25, 0.3) is 0 Å². The average molecular weight is 178 g/mol. The minimum Gasteiger partial charge on any atom is -0.423 e. The van der Waals surface area contributed by atoms with Gasteiger partial charge < -0.3 is 10.0 Å². The van der Waals surface area contributed by atoms with E-state index in [9.17, 15) is 4.79 Å². The third-order valence-corrected chi connectivity index (χ3v) is 2.06. The van der Waals surface area contributed by atoms with Crippen LogP contribution in [0.15, 0.2) is 12.1 Å². The lowest BCUT2D eigenvalue weighted by molar-refractivity contribution is 0.112. The van der Waals surface area contributed by atoms with Crippen LogP contribution >= 0.6 is 0 Å². The summed E-state index contributed by atoms with van der Waals surface area (Å²) in [5.41, 5.74) is 2.50. The van der Waals surface area contributed by atoms with E-state index in [1.54, 1.807) is 13.0 Å². The molecule has 1 aromatic rings. The Labute approximate surface area is 77.2 Å². The molecule has 3 nitrogen and oxygen atoms in total. The number of rotatable bonds is 2. The molecule has 0 radical (unpaired) electrons. The van der Waals surface area contributed by atoms with Gasteiger partial charge in [-0.2, -0.15) is 0 Å². The van der Waals surface area contributed by atoms with Crippen molar-refractivity contribution in [2.45, 2.75) is 13.8 Å². The van der Waals surface area contributed by atoms with E-state index in [2.05, 4.69) is 0 Å². The first kappa shape index (κ1) is 9.96. The molecule has 1 aromatic carbocycles. The summed E-state index contributed by atoms with van der Waals surface area (Å²) in [4.78, 5) is 10.6. The molecule has 0 aliphatic heterocycles. The Hall–Kier alpha value is -1.13. The molecule has 0 unspecified atom stereocenters. The lowest BCUT2D eigenvalue weighted by atomic mass is 9.76. The van der Waals surface area contributed by atoms with Gasteiger partial charge in [0, 0.05) is 5.56 Å². The average Bonchev–Trinajstić information content (AvgIpc) is 2.03. The third-order valence-electron chi connectivity index (χ3n) is 2.06. The normalized spacial score (nSPS) is 9.85. The minimum absolute atomic E-state index is 0.382. The number of carbonyl (C=O) groups is 1. The summed E-state index contributed by atoms with van der Waals surface area (Å²) in [7, 11) is -1.51. The second-order valence-corrected chi connectivity index (χ2v) is 3.06. The molecule has 0 bridgehead atoms. The van der Waals surface area contributed by atoms with Crippen molar-refractivity contribution in [1.82, 2.24) is 0 Å². The van der Waals surface area contributed by atoms with Crippen LogP contribution in [-0.4, -0.2) is 23.5 Å². The van der Waals surface area contributed by atoms with Crippen LogP contribution in [0.5, 0.6) is 0 Å². The van der Waals surface area contributed by atoms with Gasteiger partial charge in [-0.1, -0.05) is 17.7 Å². The third kappa shape index (κ3) is 1.97. The summed E-state index contributed by atoms with van der Waals surface area (Å²) >= 11 is 0. The molecule has 0 saturated carbocycles. The Kier molecular flexibility index (Phi) is 2.85. The molecule has 68 valence electrons. The lowest BCUT2D eigenvalue weighted by Crippen LogP contribution is -2.32. The second kappa shape index (κ2) is 3.72. The summed E-state index contributed by atoms with van der Waals surface area (Å²) in [6.07, 6.45) is 0.709. The Bertz CT molecular complexity index is 334. The van der Waals surface area contributed by atoms with Crippen LogP contribution in [-0.2, 0) is 0 Å². The minimum atomic E-state index is -1.51.